The van der Waals surface area contributed by atoms with Crippen molar-refractivity contribution in [1.82, 2.24) is 25.2 Å². The highest BCUT2D eigenvalue weighted by Crippen LogP contribution is 2.38. The van der Waals surface area contributed by atoms with E-state index in [0.29, 0.717) is 36.1 Å². The molecule has 0 spiro atoms. The van der Waals surface area contributed by atoms with Gasteiger partial charge in [0.2, 0.25) is 11.8 Å². The van der Waals surface area contributed by atoms with Crippen molar-refractivity contribution in [1.29, 1.82) is 0 Å². The number of nitrogens with one attached hydrogen (secondary N) is 1. The Balaban J connectivity index is 1.67. The Morgan fingerprint density at radius 2 is 1.94 bits per heavy atom. The standard InChI is InChI=1S/C27H35N5O4/c1-5-36-23-13-10-19(16-24(23)35-4)26(27(34)28-15-14-18(2)3)32(20-11-12-20)25(33)17-31-22-9-7-6-8-21(22)29-30-31/h6-10,13,16,18,20,26H,5,11-12,14-15,17H2,1-4H3,(H,28,34)/t26-/m0/s1. The average molecular weight is 494 g/mol. The molecular weight excluding hydrogens is 458 g/mol. The summed E-state index contributed by atoms with van der Waals surface area (Å²) in [5, 5.41) is 11.4. The van der Waals surface area contributed by atoms with Crippen molar-refractivity contribution in [3.63, 3.8) is 0 Å². The fourth-order valence-electron chi connectivity index (χ4n) is 4.30. The van der Waals surface area contributed by atoms with Crippen LogP contribution in [0.5, 0.6) is 11.5 Å². The zero-order chi connectivity index (χ0) is 25.7. The molecule has 1 fully saturated rings. The van der Waals surface area contributed by atoms with Gasteiger partial charge in [0.15, 0.2) is 11.5 Å². The number of carbonyl (C=O) groups is 2. The molecule has 0 bridgehead atoms. The first-order chi connectivity index (χ1) is 17.4. The molecule has 36 heavy (non-hydrogen) atoms. The van der Waals surface area contributed by atoms with E-state index in [0.717, 1.165) is 30.3 Å². The van der Waals surface area contributed by atoms with E-state index in [4.69, 9.17) is 9.47 Å². The van der Waals surface area contributed by atoms with Crippen LogP contribution in [0.1, 0.15) is 51.6 Å². The maximum Gasteiger partial charge on any atom is 0.247 e. The Morgan fingerprint density at radius 1 is 1.17 bits per heavy atom. The van der Waals surface area contributed by atoms with Crippen LogP contribution in [0.4, 0.5) is 0 Å². The number of para-hydroxylation sites is 1. The van der Waals surface area contributed by atoms with Gasteiger partial charge in [0.25, 0.3) is 0 Å². The topological polar surface area (TPSA) is 98.6 Å². The zero-order valence-electron chi connectivity index (χ0n) is 21.4. The number of nitrogens with zero attached hydrogens (tertiary/aromatic N) is 4. The monoisotopic (exact) mass is 493 g/mol. The van der Waals surface area contributed by atoms with Crippen LogP contribution in [0.25, 0.3) is 11.0 Å². The number of rotatable bonds is 12. The molecule has 0 aliphatic heterocycles. The van der Waals surface area contributed by atoms with Gasteiger partial charge in [0.1, 0.15) is 18.1 Å². The Labute approximate surface area is 211 Å². The van der Waals surface area contributed by atoms with Crippen molar-refractivity contribution < 1.29 is 19.1 Å². The quantitative estimate of drug-likeness (QED) is 0.413. The normalized spacial score (nSPS) is 14.0. The lowest BCUT2D eigenvalue weighted by Crippen LogP contribution is -2.46. The largest absolute Gasteiger partial charge is 0.493 e. The molecule has 0 saturated heterocycles. The maximum atomic E-state index is 13.8. The first-order valence-electron chi connectivity index (χ1n) is 12.6. The molecule has 1 aliphatic rings. The van der Waals surface area contributed by atoms with Gasteiger partial charge < -0.3 is 19.7 Å². The van der Waals surface area contributed by atoms with E-state index in [1.807, 2.05) is 37.3 Å². The Morgan fingerprint density at radius 3 is 2.64 bits per heavy atom. The summed E-state index contributed by atoms with van der Waals surface area (Å²) < 4.78 is 12.8. The first kappa shape index (κ1) is 25.5. The van der Waals surface area contributed by atoms with Gasteiger partial charge in [0, 0.05) is 12.6 Å². The van der Waals surface area contributed by atoms with Crippen molar-refractivity contribution in [2.75, 3.05) is 20.3 Å². The number of ether oxygens (including phenoxy) is 2. The van der Waals surface area contributed by atoms with Gasteiger partial charge in [-0.15, -0.1) is 5.10 Å². The van der Waals surface area contributed by atoms with Gasteiger partial charge in [-0.05, 0) is 61.9 Å². The second kappa shape index (κ2) is 11.4. The Hall–Kier alpha value is -3.62. The molecule has 1 aliphatic carbocycles. The Bertz CT molecular complexity index is 1200. The lowest BCUT2D eigenvalue weighted by Gasteiger charge is -2.32. The number of carbonyl (C=O) groups excluding carboxylic acids is 2. The number of hydrogen-bond acceptors (Lipinski definition) is 6. The van der Waals surface area contributed by atoms with E-state index in [1.54, 1.807) is 28.8 Å². The summed E-state index contributed by atoms with van der Waals surface area (Å²) in [7, 11) is 1.57. The fraction of sp³-hybridized carbons (Fsp3) is 0.481. The van der Waals surface area contributed by atoms with E-state index < -0.39 is 6.04 Å². The van der Waals surface area contributed by atoms with Crippen LogP contribution in [0, 0.1) is 5.92 Å². The van der Waals surface area contributed by atoms with Crippen molar-refractivity contribution in [3.05, 3.63) is 48.0 Å². The van der Waals surface area contributed by atoms with Crippen molar-refractivity contribution >= 4 is 22.8 Å². The van der Waals surface area contributed by atoms with Gasteiger partial charge in [-0.3, -0.25) is 9.59 Å². The smallest absolute Gasteiger partial charge is 0.247 e. The third-order valence-corrected chi connectivity index (χ3v) is 6.28. The number of hydrogen-bond donors (Lipinski definition) is 1. The molecule has 1 aromatic heterocycles. The summed E-state index contributed by atoms with van der Waals surface area (Å²) in [6.45, 7) is 7.17. The predicted molar refractivity (Wildman–Crippen MR) is 137 cm³/mol. The second-order valence-corrected chi connectivity index (χ2v) is 9.49. The lowest BCUT2D eigenvalue weighted by atomic mass is 10.0. The molecule has 4 rings (SSSR count). The molecular formula is C27H35N5O4. The Kier molecular flexibility index (Phi) is 8.07. The van der Waals surface area contributed by atoms with Crippen molar-refractivity contribution in [2.24, 2.45) is 5.92 Å². The van der Waals surface area contributed by atoms with Gasteiger partial charge in [0.05, 0.1) is 19.2 Å². The van der Waals surface area contributed by atoms with Crippen molar-refractivity contribution in [3.8, 4) is 11.5 Å². The minimum Gasteiger partial charge on any atom is -0.493 e. The molecule has 2 amide bonds. The fourth-order valence-corrected chi connectivity index (χ4v) is 4.30. The highest BCUT2D eigenvalue weighted by atomic mass is 16.5. The van der Waals surface area contributed by atoms with Gasteiger partial charge in [-0.1, -0.05) is 37.3 Å². The molecule has 2 aromatic carbocycles. The molecule has 1 N–H and O–H groups in total. The summed E-state index contributed by atoms with van der Waals surface area (Å²) in [5.74, 6) is 1.20. The van der Waals surface area contributed by atoms with Crippen LogP contribution in [0.15, 0.2) is 42.5 Å². The first-order valence-corrected chi connectivity index (χ1v) is 12.6. The maximum absolute atomic E-state index is 13.8. The summed E-state index contributed by atoms with van der Waals surface area (Å²) in [6.07, 6.45) is 2.56. The minimum atomic E-state index is -0.795. The van der Waals surface area contributed by atoms with Crippen LogP contribution in [-0.2, 0) is 16.1 Å². The molecule has 0 unspecified atom stereocenters. The van der Waals surface area contributed by atoms with E-state index in [9.17, 15) is 9.59 Å². The van der Waals surface area contributed by atoms with Gasteiger partial charge >= 0.3 is 0 Å². The van der Waals surface area contributed by atoms with Crippen LogP contribution in [0.3, 0.4) is 0 Å². The highest BCUT2D eigenvalue weighted by molar-refractivity contribution is 5.89. The number of aromatic nitrogens is 3. The van der Waals surface area contributed by atoms with E-state index in [1.165, 1.54) is 0 Å². The lowest BCUT2D eigenvalue weighted by molar-refractivity contribution is -0.142. The summed E-state index contributed by atoms with van der Waals surface area (Å²) in [6, 6.07) is 12.2. The molecule has 1 atom stereocenters. The zero-order valence-corrected chi connectivity index (χ0v) is 21.4. The number of benzene rings is 2. The van der Waals surface area contributed by atoms with Crippen LogP contribution < -0.4 is 14.8 Å². The van der Waals surface area contributed by atoms with Gasteiger partial charge in [-0.25, -0.2) is 4.68 Å². The number of methoxy groups -OCH3 is 1. The average Bonchev–Trinajstić information content (AvgIpc) is 3.62. The van der Waals surface area contributed by atoms with Crippen molar-refractivity contribution in [2.45, 2.75) is 58.7 Å². The minimum absolute atomic E-state index is 0.000944. The van der Waals surface area contributed by atoms with Crippen LogP contribution >= 0.6 is 0 Å². The predicted octanol–water partition coefficient (Wildman–Crippen LogP) is 3.73. The van der Waals surface area contributed by atoms with Gasteiger partial charge in [-0.2, -0.15) is 0 Å². The third kappa shape index (κ3) is 5.78. The number of amides is 2. The highest BCUT2D eigenvalue weighted by Gasteiger charge is 2.41. The second-order valence-electron chi connectivity index (χ2n) is 9.49. The SMILES string of the molecule is CCOc1ccc([C@@H](C(=O)NCCC(C)C)N(C(=O)Cn2nnc3ccccc32)C2CC2)cc1OC. The molecule has 0 radical (unpaired) electrons. The molecule has 1 saturated carbocycles. The summed E-state index contributed by atoms with van der Waals surface area (Å²) in [5.41, 5.74) is 2.19. The van der Waals surface area contributed by atoms with Crippen LogP contribution in [0.2, 0.25) is 0 Å². The molecule has 3 aromatic rings. The number of fused-ring (bicyclic) bond motifs is 1. The molecule has 192 valence electrons. The van der Waals surface area contributed by atoms with E-state index >= 15 is 0 Å². The summed E-state index contributed by atoms with van der Waals surface area (Å²) in [4.78, 5) is 29.1. The molecule has 1 heterocycles. The van der Waals surface area contributed by atoms with E-state index in [2.05, 4.69) is 29.5 Å². The van der Waals surface area contributed by atoms with E-state index in [-0.39, 0.29) is 24.4 Å². The van der Waals surface area contributed by atoms with Crippen LogP contribution in [-0.4, -0.2) is 58.0 Å². The third-order valence-electron chi connectivity index (χ3n) is 6.28. The molecule has 9 heteroatoms. The molecule has 9 nitrogen and oxygen atoms in total. The summed E-state index contributed by atoms with van der Waals surface area (Å²) >= 11 is 0.